The fourth-order valence-corrected chi connectivity index (χ4v) is 1.71. The van der Waals surface area contributed by atoms with Crippen molar-refractivity contribution >= 4 is 17.5 Å². The fraction of sp³-hybridized carbons (Fsp3) is 0.154. The van der Waals surface area contributed by atoms with E-state index in [1.165, 1.54) is 16.3 Å². The average molecular weight is 183 g/mol. The van der Waals surface area contributed by atoms with Crippen LogP contribution in [0.2, 0.25) is 0 Å². The van der Waals surface area contributed by atoms with Crippen LogP contribution in [-0.2, 0) is 0 Å². The summed E-state index contributed by atoms with van der Waals surface area (Å²) in [7, 11) is 0. The summed E-state index contributed by atoms with van der Waals surface area (Å²) in [5.74, 6) is 0. The fourth-order valence-electron chi connectivity index (χ4n) is 1.71. The van der Waals surface area contributed by atoms with Crippen LogP contribution >= 0.6 is 0 Å². The lowest BCUT2D eigenvalue weighted by Gasteiger charge is -2.09. The van der Waals surface area contributed by atoms with Crippen LogP contribution in [0, 0.1) is 0 Å². The van der Waals surface area contributed by atoms with Crippen molar-refractivity contribution in [3.8, 4) is 0 Å². The van der Waals surface area contributed by atoms with Crippen molar-refractivity contribution in [3.63, 3.8) is 0 Å². The maximum atomic E-state index is 4.06. The molecule has 0 amide bonds. The molecule has 0 saturated carbocycles. The number of rotatable bonds is 2. The predicted molar refractivity (Wildman–Crippen MR) is 61.9 cm³/mol. The highest BCUT2D eigenvalue weighted by molar-refractivity contribution is 5.86. The molecule has 0 spiro atoms. The highest BCUT2D eigenvalue weighted by Crippen LogP contribution is 2.25. The number of nitrogens with zero attached hydrogens (tertiary/aromatic N) is 1. The summed E-state index contributed by atoms with van der Waals surface area (Å²) in [6.45, 7) is 5.66. The Morgan fingerprint density at radius 2 is 1.79 bits per heavy atom. The van der Waals surface area contributed by atoms with Crippen molar-refractivity contribution < 1.29 is 0 Å². The van der Waals surface area contributed by atoms with Crippen molar-refractivity contribution in [2.75, 3.05) is 0 Å². The highest BCUT2D eigenvalue weighted by Gasteiger charge is 2.05. The molecule has 14 heavy (non-hydrogen) atoms. The van der Waals surface area contributed by atoms with Gasteiger partial charge in [0.2, 0.25) is 0 Å². The first kappa shape index (κ1) is 8.95. The first-order valence-electron chi connectivity index (χ1n) is 4.76. The molecule has 70 valence electrons. The standard InChI is InChI=1S/C13H13N/c1-10(14-2)12-9-5-7-11-6-3-4-8-13(11)12/h3-10H,2H2,1H3/t10-/m1/s1. The number of fused-ring (bicyclic) bond motifs is 1. The van der Waals surface area contributed by atoms with Crippen LogP contribution in [0.5, 0.6) is 0 Å². The number of benzene rings is 2. The van der Waals surface area contributed by atoms with Crippen molar-refractivity contribution in [1.82, 2.24) is 0 Å². The third kappa shape index (κ3) is 1.41. The maximum absolute atomic E-state index is 4.06. The van der Waals surface area contributed by atoms with Gasteiger partial charge in [-0.05, 0) is 30.0 Å². The molecule has 1 atom stereocenters. The van der Waals surface area contributed by atoms with Gasteiger partial charge in [0, 0.05) is 0 Å². The first-order valence-corrected chi connectivity index (χ1v) is 4.76. The molecule has 2 aromatic rings. The molecule has 2 aromatic carbocycles. The molecule has 0 N–H and O–H groups in total. The second-order valence-corrected chi connectivity index (χ2v) is 3.43. The van der Waals surface area contributed by atoms with Crippen LogP contribution in [0.4, 0.5) is 0 Å². The van der Waals surface area contributed by atoms with Crippen molar-refractivity contribution in [1.29, 1.82) is 0 Å². The van der Waals surface area contributed by atoms with Crippen molar-refractivity contribution in [2.24, 2.45) is 4.99 Å². The van der Waals surface area contributed by atoms with Crippen LogP contribution in [0.25, 0.3) is 10.8 Å². The molecule has 2 rings (SSSR count). The summed E-state index contributed by atoms with van der Waals surface area (Å²) in [5.41, 5.74) is 1.25. The summed E-state index contributed by atoms with van der Waals surface area (Å²) in [5, 5.41) is 2.54. The van der Waals surface area contributed by atoms with Gasteiger partial charge in [-0.3, -0.25) is 4.99 Å². The monoisotopic (exact) mass is 183 g/mol. The van der Waals surface area contributed by atoms with E-state index < -0.39 is 0 Å². The van der Waals surface area contributed by atoms with Gasteiger partial charge in [0.25, 0.3) is 0 Å². The predicted octanol–water partition coefficient (Wildman–Crippen LogP) is 3.60. The summed E-state index contributed by atoms with van der Waals surface area (Å²) in [6, 6.07) is 14.8. The van der Waals surface area contributed by atoms with E-state index in [9.17, 15) is 0 Å². The van der Waals surface area contributed by atoms with Crippen molar-refractivity contribution in [3.05, 3.63) is 48.0 Å². The van der Waals surface area contributed by atoms with Gasteiger partial charge in [-0.2, -0.15) is 0 Å². The lowest BCUT2D eigenvalue weighted by Crippen LogP contribution is -1.90. The summed E-state index contributed by atoms with van der Waals surface area (Å²) >= 11 is 0. The van der Waals surface area contributed by atoms with Crippen molar-refractivity contribution in [2.45, 2.75) is 13.0 Å². The molecule has 0 saturated heterocycles. The maximum Gasteiger partial charge on any atom is 0.0719 e. The molecule has 0 aliphatic rings. The minimum Gasteiger partial charge on any atom is -0.293 e. The largest absolute Gasteiger partial charge is 0.293 e. The molecule has 1 nitrogen and oxygen atoms in total. The second kappa shape index (κ2) is 3.62. The Morgan fingerprint density at radius 1 is 1.07 bits per heavy atom. The van der Waals surface area contributed by atoms with Crippen LogP contribution in [0.3, 0.4) is 0 Å². The summed E-state index contributed by atoms with van der Waals surface area (Å²) in [4.78, 5) is 4.06. The molecule has 0 aromatic heterocycles. The zero-order valence-corrected chi connectivity index (χ0v) is 8.27. The van der Waals surface area contributed by atoms with Gasteiger partial charge in [-0.15, -0.1) is 0 Å². The molecule has 0 heterocycles. The Bertz CT molecular complexity index is 454. The van der Waals surface area contributed by atoms with Gasteiger partial charge < -0.3 is 0 Å². The zero-order valence-electron chi connectivity index (χ0n) is 8.27. The van der Waals surface area contributed by atoms with E-state index >= 15 is 0 Å². The quantitative estimate of drug-likeness (QED) is 0.631. The minimum absolute atomic E-state index is 0.168. The molecule has 0 aliphatic carbocycles. The normalized spacial score (nSPS) is 12.6. The van der Waals surface area contributed by atoms with E-state index in [0.717, 1.165) is 0 Å². The van der Waals surface area contributed by atoms with E-state index in [4.69, 9.17) is 0 Å². The van der Waals surface area contributed by atoms with E-state index in [-0.39, 0.29) is 6.04 Å². The average Bonchev–Trinajstić information content (AvgIpc) is 2.27. The molecular formula is C13H13N. The molecular weight excluding hydrogens is 170 g/mol. The molecule has 0 radical (unpaired) electrons. The number of hydrogen-bond acceptors (Lipinski definition) is 1. The van der Waals surface area contributed by atoms with Crippen LogP contribution in [-0.4, -0.2) is 6.72 Å². The smallest absolute Gasteiger partial charge is 0.0719 e. The summed E-state index contributed by atoms with van der Waals surface area (Å²) < 4.78 is 0. The molecule has 0 fully saturated rings. The first-order chi connectivity index (χ1) is 6.83. The third-order valence-electron chi connectivity index (χ3n) is 2.55. The topological polar surface area (TPSA) is 12.4 Å². The molecule has 0 aliphatic heterocycles. The number of aliphatic imine (C=N–C) groups is 1. The number of hydrogen-bond donors (Lipinski definition) is 0. The van der Waals surface area contributed by atoms with Gasteiger partial charge in [0.15, 0.2) is 0 Å². The Labute approximate surface area is 84.1 Å². The van der Waals surface area contributed by atoms with Gasteiger partial charge in [0.05, 0.1) is 6.04 Å². The zero-order chi connectivity index (χ0) is 9.97. The minimum atomic E-state index is 0.168. The Morgan fingerprint density at radius 3 is 2.57 bits per heavy atom. The van der Waals surface area contributed by atoms with Gasteiger partial charge in [-0.25, -0.2) is 0 Å². The summed E-state index contributed by atoms with van der Waals surface area (Å²) in [6.07, 6.45) is 0. The Kier molecular flexibility index (Phi) is 2.32. The highest BCUT2D eigenvalue weighted by atomic mass is 14.7. The van der Waals surface area contributed by atoms with Crippen LogP contribution < -0.4 is 0 Å². The van der Waals surface area contributed by atoms with E-state index in [2.05, 4.69) is 61.1 Å². The molecule has 0 bridgehead atoms. The molecule has 0 unspecified atom stereocenters. The van der Waals surface area contributed by atoms with Gasteiger partial charge >= 0.3 is 0 Å². The van der Waals surface area contributed by atoms with E-state index in [1.54, 1.807) is 0 Å². The Balaban J connectivity index is 2.70. The van der Waals surface area contributed by atoms with Crippen LogP contribution in [0.1, 0.15) is 18.5 Å². The third-order valence-corrected chi connectivity index (χ3v) is 2.55. The van der Waals surface area contributed by atoms with E-state index in [0.29, 0.717) is 0 Å². The van der Waals surface area contributed by atoms with Gasteiger partial charge in [0.1, 0.15) is 0 Å². The SMILES string of the molecule is C=N[C@H](C)c1cccc2ccccc12. The lowest BCUT2D eigenvalue weighted by molar-refractivity contribution is 0.837. The van der Waals surface area contributed by atoms with E-state index in [1.807, 2.05) is 0 Å². The molecule has 1 heteroatoms. The van der Waals surface area contributed by atoms with Gasteiger partial charge in [-0.1, -0.05) is 42.5 Å². The lowest BCUT2D eigenvalue weighted by atomic mass is 10.0. The van der Waals surface area contributed by atoms with Crippen LogP contribution in [0.15, 0.2) is 47.5 Å². The second-order valence-electron chi connectivity index (χ2n) is 3.43. The Hall–Kier alpha value is -1.63.